The number of benzene rings is 3. The number of imidazole rings is 1. The third kappa shape index (κ3) is 5.52. The fourth-order valence-corrected chi connectivity index (χ4v) is 4.31. The minimum absolute atomic E-state index is 0.0427. The summed E-state index contributed by atoms with van der Waals surface area (Å²) >= 11 is 0. The van der Waals surface area contributed by atoms with E-state index >= 15 is 0 Å². The van der Waals surface area contributed by atoms with E-state index < -0.39 is 33.4 Å². The lowest BCUT2D eigenvalue weighted by molar-refractivity contribution is -0.137. The molecule has 0 aliphatic carbocycles. The molecule has 0 aliphatic rings. The number of nitrogens with zero attached hydrogens (tertiary/aromatic N) is 1. The Kier molecular flexibility index (Phi) is 6.35. The number of aromatic nitrogens is 2. The van der Waals surface area contributed by atoms with Gasteiger partial charge in [0.25, 0.3) is 15.9 Å². The van der Waals surface area contributed by atoms with Gasteiger partial charge >= 0.3 is 6.18 Å². The van der Waals surface area contributed by atoms with Gasteiger partial charge in [0, 0.05) is 11.8 Å². The number of aryl methyl sites for hydroxylation is 1. The smallest absolute Gasteiger partial charge is 0.330 e. The number of hydrogen-bond donors (Lipinski definition) is 3. The largest absolute Gasteiger partial charge is 0.416 e. The Morgan fingerprint density at radius 2 is 1.66 bits per heavy atom. The van der Waals surface area contributed by atoms with Crippen molar-refractivity contribution in [3.05, 3.63) is 95.7 Å². The van der Waals surface area contributed by atoms with Crippen LogP contribution in [0.25, 0.3) is 11.3 Å². The lowest BCUT2D eigenvalue weighted by atomic mass is 10.1. The number of H-pyrrole nitrogens is 1. The number of carbonyl (C=O) groups is 1. The molecule has 3 N–H and O–H groups in total. The summed E-state index contributed by atoms with van der Waals surface area (Å²) in [4.78, 5) is 19.8. The second-order valence-electron chi connectivity index (χ2n) is 7.63. The first kappa shape index (κ1) is 24.0. The van der Waals surface area contributed by atoms with Crippen molar-refractivity contribution in [1.29, 1.82) is 0 Å². The Morgan fingerprint density at radius 3 is 2.31 bits per heavy atom. The molecule has 35 heavy (non-hydrogen) atoms. The highest BCUT2D eigenvalue weighted by Crippen LogP contribution is 2.33. The molecule has 0 atom stereocenters. The van der Waals surface area contributed by atoms with Crippen molar-refractivity contribution in [2.75, 3.05) is 10.0 Å². The van der Waals surface area contributed by atoms with Crippen LogP contribution in [0.4, 0.5) is 24.8 Å². The van der Waals surface area contributed by atoms with Crippen LogP contribution in [0, 0.1) is 6.92 Å². The third-order valence-corrected chi connectivity index (χ3v) is 6.43. The molecular formula is C24H19F3N4O3S. The number of carbonyl (C=O) groups excluding carboxylic acids is 1. The second-order valence-corrected chi connectivity index (χ2v) is 9.31. The second kappa shape index (κ2) is 9.26. The monoisotopic (exact) mass is 500 g/mol. The number of hydrogen-bond acceptors (Lipinski definition) is 4. The van der Waals surface area contributed by atoms with Crippen LogP contribution in [0.1, 0.15) is 21.5 Å². The van der Waals surface area contributed by atoms with E-state index in [4.69, 9.17) is 0 Å². The summed E-state index contributed by atoms with van der Waals surface area (Å²) in [7, 11) is -4.27. The highest BCUT2D eigenvalue weighted by Gasteiger charge is 2.32. The van der Waals surface area contributed by atoms with Crippen LogP contribution in [0.3, 0.4) is 0 Å². The zero-order valence-electron chi connectivity index (χ0n) is 18.2. The summed E-state index contributed by atoms with van der Waals surface area (Å²) in [5, 5.41) is 2.46. The first-order chi connectivity index (χ1) is 16.5. The van der Waals surface area contributed by atoms with E-state index in [0.29, 0.717) is 17.8 Å². The van der Waals surface area contributed by atoms with Crippen LogP contribution in [-0.2, 0) is 16.2 Å². The van der Waals surface area contributed by atoms with E-state index in [-0.39, 0.29) is 16.4 Å². The standard InChI is InChI=1S/C24H19F3N4O3S/c1-15-7-10-18(11-8-15)35(33,34)31-20-13-17(24(25,26)27)9-12-19(20)22(32)30-23-28-14-21(29-23)16-5-3-2-4-6-16/h2-14,31H,1H3,(H2,28,29,30,32). The topological polar surface area (TPSA) is 104 Å². The molecule has 0 saturated carbocycles. The fraction of sp³-hybridized carbons (Fsp3) is 0.0833. The van der Waals surface area contributed by atoms with Crippen LogP contribution in [0.15, 0.2) is 83.9 Å². The zero-order chi connectivity index (χ0) is 25.2. The molecule has 4 aromatic rings. The zero-order valence-corrected chi connectivity index (χ0v) is 19.0. The number of rotatable bonds is 6. The minimum atomic E-state index is -4.75. The molecule has 0 saturated heterocycles. The van der Waals surface area contributed by atoms with Crippen LogP contribution < -0.4 is 10.0 Å². The van der Waals surface area contributed by atoms with Gasteiger partial charge < -0.3 is 4.98 Å². The summed E-state index contributed by atoms with van der Waals surface area (Å²) in [6.07, 6.45) is -3.19. The minimum Gasteiger partial charge on any atom is -0.330 e. The van der Waals surface area contributed by atoms with Gasteiger partial charge in [0.2, 0.25) is 5.95 Å². The summed E-state index contributed by atoms with van der Waals surface area (Å²) < 4.78 is 67.7. The number of nitrogens with one attached hydrogen (secondary N) is 3. The molecule has 0 fully saturated rings. The molecule has 0 bridgehead atoms. The SMILES string of the molecule is Cc1ccc(S(=O)(=O)Nc2cc(C(F)(F)F)ccc2C(=O)Nc2nc(-c3ccccc3)c[nH]2)cc1. The molecule has 7 nitrogen and oxygen atoms in total. The highest BCUT2D eigenvalue weighted by atomic mass is 32.2. The van der Waals surface area contributed by atoms with Crippen molar-refractivity contribution >= 4 is 27.6 Å². The first-order valence-corrected chi connectivity index (χ1v) is 11.7. The Morgan fingerprint density at radius 1 is 0.971 bits per heavy atom. The van der Waals surface area contributed by atoms with E-state index in [1.54, 1.807) is 25.3 Å². The van der Waals surface area contributed by atoms with Gasteiger partial charge in [0.05, 0.1) is 27.4 Å². The normalized spacial score (nSPS) is 11.8. The summed E-state index contributed by atoms with van der Waals surface area (Å²) in [5.74, 6) is -0.810. The van der Waals surface area contributed by atoms with Crippen LogP contribution in [0.2, 0.25) is 0 Å². The lowest BCUT2D eigenvalue weighted by Crippen LogP contribution is -2.20. The molecule has 3 aromatic carbocycles. The molecule has 1 aromatic heterocycles. The average Bonchev–Trinajstić information content (AvgIpc) is 3.27. The molecule has 11 heteroatoms. The van der Waals surface area contributed by atoms with E-state index in [1.165, 1.54) is 12.1 Å². The Labute approximate surface area is 199 Å². The number of alkyl halides is 3. The average molecular weight is 501 g/mol. The number of halogens is 3. The fourth-order valence-electron chi connectivity index (χ4n) is 3.24. The third-order valence-electron chi connectivity index (χ3n) is 5.05. The van der Waals surface area contributed by atoms with Gasteiger partial charge in [-0.2, -0.15) is 13.2 Å². The van der Waals surface area contributed by atoms with Gasteiger partial charge in [-0.3, -0.25) is 14.8 Å². The quantitative estimate of drug-likeness (QED) is 0.327. The maximum Gasteiger partial charge on any atom is 0.416 e. The molecule has 0 aliphatic heterocycles. The van der Waals surface area contributed by atoms with Crippen molar-refractivity contribution in [2.45, 2.75) is 18.0 Å². The maximum atomic E-state index is 13.3. The highest BCUT2D eigenvalue weighted by molar-refractivity contribution is 7.92. The van der Waals surface area contributed by atoms with E-state index in [0.717, 1.165) is 17.2 Å². The van der Waals surface area contributed by atoms with Crippen molar-refractivity contribution < 1.29 is 26.4 Å². The Balaban J connectivity index is 1.66. The predicted octanol–water partition coefficient (Wildman–Crippen LogP) is 5.46. The van der Waals surface area contributed by atoms with Crippen molar-refractivity contribution in [3.8, 4) is 11.3 Å². The molecular weight excluding hydrogens is 481 g/mol. The molecule has 4 rings (SSSR count). The Hall–Kier alpha value is -4.12. The van der Waals surface area contributed by atoms with Crippen LogP contribution in [0.5, 0.6) is 0 Å². The maximum absolute atomic E-state index is 13.3. The van der Waals surface area contributed by atoms with Gasteiger partial charge in [-0.1, -0.05) is 48.0 Å². The molecule has 0 unspecified atom stereocenters. The van der Waals surface area contributed by atoms with Crippen molar-refractivity contribution in [3.63, 3.8) is 0 Å². The first-order valence-electron chi connectivity index (χ1n) is 10.3. The van der Waals surface area contributed by atoms with E-state index in [1.807, 2.05) is 30.3 Å². The lowest BCUT2D eigenvalue weighted by Gasteiger charge is -2.15. The van der Waals surface area contributed by atoms with Gasteiger partial charge in [-0.05, 0) is 37.3 Å². The molecule has 0 radical (unpaired) electrons. The van der Waals surface area contributed by atoms with Gasteiger partial charge in [0.15, 0.2) is 0 Å². The van der Waals surface area contributed by atoms with Crippen molar-refractivity contribution in [2.24, 2.45) is 0 Å². The molecule has 1 amide bonds. The summed E-state index contributed by atoms with van der Waals surface area (Å²) in [6, 6.07) is 17.0. The van der Waals surface area contributed by atoms with Crippen LogP contribution >= 0.6 is 0 Å². The number of sulfonamides is 1. The molecule has 0 spiro atoms. The number of anilines is 2. The summed E-state index contributed by atoms with van der Waals surface area (Å²) in [5.41, 5.74) is 0.175. The van der Waals surface area contributed by atoms with E-state index in [9.17, 15) is 26.4 Å². The summed E-state index contributed by atoms with van der Waals surface area (Å²) in [6.45, 7) is 1.76. The van der Waals surface area contributed by atoms with E-state index in [2.05, 4.69) is 20.0 Å². The van der Waals surface area contributed by atoms with Crippen molar-refractivity contribution in [1.82, 2.24) is 9.97 Å². The molecule has 180 valence electrons. The Bertz CT molecular complexity index is 1470. The van der Waals surface area contributed by atoms with Gasteiger partial charge in [0.1, 0.15) is 0 Å². The molecule has 1 heterocycles. The predicted molar refractivity (Wildman–Crippen MR) is 125 cm³/mol. The van der Waals surface area contributed by atoms with Crippen LogP contribution in [-0.4, -0.2) is 24.3 Å². The number of amides is 1. The number of aromatic amines is 1. The van der Waals surface area contributed by atoms with Gasteiger partial charge in [-0.25, -0.2) is 13.4 Å². The van der Waals surface area contributed by atoms with Gasteiger partial charge in [-0.15, -0.1) is 0 Å².